The summed E-state index contributed by atoms with van der Waals surface area (Å²) >= 11 is 0. The number of hydrogen-bond donors (Lipinski definition) is 0. The molecule has 1 aliphatic heterocycles. The van der Waals surface area contributed by atoms with Crippen molar-refractivity contribution in [3.63, 3.8) is 0 Å². The van der Waals surface area contributed by atoms with E-state index in [1.807, 2.05) is 44.2 Å². The van der Waals surface area contributed by atoms with E-state index in [9.17, 15) is 4.39 Å². The minimum absolute atomic E-state index is 0.163. The fourth-order valence-electron chi connectivity index (χ4n) is 7.35. The highest BCUT2D eigenvalue weighted by Crippen LogP contribution is 2.61. The van der Waals surface area contributed by atoms with Crippen LogP contribution in [0.2, 0.25) is 0 Å². The van der Waals surface area contributed by atoms with Crippen LogP contribution in [0.25, 0.3) is 16.0 Å². The van der Waals surface area contributed by atoms with E-state index < -0.39 is 5.54 Å². The molecule has 0 unspecified atom stereocenters. The quantitative estimate of drug-likeness (QED) is 0.227. The van der Waals surface area contributed by atoms with Crippen LogP contribution in [0.1, 0.15) is 59.3 Å². The van der Waals surface area contributed by atoms with Gasteiger partial charge in [0.2, 0.25) is 5.95 Å². The SMILES string of the molecule is [C-]#[N+]C1(c2ccccc2)CCN(c2nc(C)c(-c3ccc(F)c(COc4ccc5c(c4)C[C@H]4[C@H](C)[C@@H]54)c3)c(C)n2)CC1. The average molecular weight is 559 g/mol. The number of fused-ring (bicyclic) bond motifs is 3. The van der Waals surface area contributed by atoms with Crippen molar-refractivity contribution in [1.82, 2.24) is 9.97 Å². The molecule has 6 heteroatoms. The summed E-state index contributed by atoms with van der Waals surface area (Å²) in [5, 5.41) is 0. The highest BCUT2D eigenvalue weighted by molar-refractivity contribution is 5.69. The van der Waals surface area contributed by atoms with Crippen LogP contribution in [0.3, 0.4) is 0 Å². The Hall–Kier alpha value is -4.24. The molecule has 42 heavy (non-hydrogen) atoms. The lowest BCUT2D eigenvalue weighted by atomic mass is 9.82. The third-order valence-corrected chi connectivity index (χ3v) is 9.88. The van der Waals surface area contributed by atoms with E-state index in [4.69, 9.17) is 21.3 Å². The molecule has 1 aromatic heterocycles. The molecule has 3 aliphatic rings. The summed E-state index contributed by atoms with van der Waals surface area (Å²) < 4.78 is 21.0. The van der Waals surface area contributed by atoms with E-state index >= 15 is 0 Å². The molecule has 1 saturated carbocycles. The van der Waals surface area contributed by atoms with E-state index in [1.165, 1.54) is 17.2 Å². The molecule has 1 saturated heterocycles. The predicted molar refractivity (Wildman–Crippen MR) is 163 cm³/mol. The van der Waals surface area contributed by atoms with Crippen LogP contribution >= 0.6 is 0 Å². The zero-order valence-corrected chi connectivity index (χ0v) is 24.4. The van der Waals surface area contributed by atoms with Crippen LogP contribution in [0.4, 0.5) is 10.3 Å². The molecule has 7 rings (SSSR count). The molecule has 212 valence electrons. The molecule has 2 aliphatic carbocycles. The largest absolute Gasteiger partial charge is 0.489 e. The Morgan fingerprint density at radius 3 is 2.45 bits per heavy atom. The van der Waals surface area contributed by atoms with Crippen LogP contribution < -0.4 is 9.64 Å². The molecule has 0 bridgehead atoms. The minimum atomic E-state index is -0.493. The number of ether oxygens (including phenoxy) is 1. The summed E-state index contributed by atoms with van der Waals surface area (Å²) in [7, 11) is 0. The Labute approximate surface area is 247 Å². The predicted octanol–water partition coefficient (Wildman–Crippen LogP) is 7.80. The smallest absolute Gasteiger partial charge is 0.260 e. The molecule has 0 spiro atoms. The van der Waals surface area contributed by atoms with E-state index in [0.29, 0.717) is 11.5 Å². The van der Waals surface area contributed by atoms with E-state index in [0.717, 1.165) is 83.9 Å². The second-order valence-electron chi connectivity index (χ2n) is 12.3. The van der Waals surface area contributed by atoms with Crippen LogP contribution in [0.5, 0.6) is 5.75 Å². The van der Waals surface area contributed by atoms with Crippen molar-refractivity contribution in [1.29, 1.82) is 0 Å². The second-order valence-corrected chi connectivity index (χ2v) is 12.3. The zero-order valence-electron chi connectivity index (χ0n) is 24.4. The first-order valence-corrected chi connectivity index (χ1v) is 15.0. The Morgan fingerprint density at radius 1 is 1.00 bits per heavy atom. The van der Waals surface area contributed by atoms with Gasteiger partial charge in [0.15, 0.2) is 0 Å². The van der Waals surface area contributed by atoms with Gasteiger partial charge in [-0.05, 0) is 79.0 Å². The number of benzene rings is 3. The summed E-state index contributed by atoms with van der Waals surface area (Å²) in [4.78, 5) is 16.0. The third-order valence-electron chi connectivity index (χ3n) is 9.88. The van der Waals surface area contributed by atoms with Crippen molar-refractivity contribution in [2.24, 2.45) is 11.8 Å². The highest BCUT2D eigenvalue weighted by Gasteiger charge is 2.52. The van der Waals surface area contributed by atoms with Gasteiger partial charge in [0.25, 0.3) is 5.54 Å². The molecule has 3 atom stereocenters. The number of piperidine rings is 1. The number of hydrogen-bond acceptors (Lipinski definition) is 4. The lowest BCUT2D eigenvalue weighted by molar-refractivity contribution is 0.299. The molecule has 2 heterocycles. The topological polar surface area (TPSA) is 42.6 Å². The van der Waals surface area contributed by atoms with Crippen molar-refractivity contribution >= 4 is 5.95 Å². The van der Waals surface area contributed by atoms with Gasteiger partial charge in [0.1, 0.15) is 18.2 Å². The van der Waals surface area contributed by atoms with Gasteiger partial charge in [-0.2, -0.15) is 0 Å². The summed E-state index contributed by atoms with van der Waals surface area (Å²) in [6, 6.07) is 21.7. The maximum Gasteiger partial charge on any atom is 0.260 e. The second kappa shape index (κ2) is 10.2. The fourth-order valence-corrected chi connectivity index (χ4v) is 7.35. The van der Waals surface area contributed by atoms with E-state index in [1.54, 1.807) is 6.07 Å². The van der Waals surface area contributed by atoms with Crippen LogP contribution in [0, 0.1) is 38.1 Å². The van der Waals surface area contributed by atoms with Gasteiger partial charge in [-0.1, -0.05) is 49.4 Å². The van der Waals surface area contributed by atoms with Crippen molar-refractivity contribution < 1.29 is 9.13 Å². The summed E-state index contributed by atoms with van der Waals surface area (Å²) in [5.74, 6) is 3.52. The van der Waals surface area contributed by atoms with E-state index in [2.05, 4.69) is 40.9 Å². The molecule has 0 N–H and O–H groups in total. The van der Waals surface area contributed by atoms with Crippen molar-refractivity contribution in [2.75, 3.05) is 18.0 Å². The number of halogens is 1. The zero-order chi connectivity index (χ0) is 29.0. The average Bonchev–Trinajstić information content (AvgIpc) is 3.46. The standard InChI is InChI=1S/C36H35FN4O/c1-22-31-20-26-19-29(11-12-30(26)33(22)31)42-21-27-18-25(10-13-32(27)37)34-23(2)39-35(40-24(34)3)41-16-14-36(38-4,15-17-41)28-8-6-5-7-9-28/h5-13,18-19,22,31,33H,14-17,20-21H2,1-3H3/t22-,31-,33-/m0/s1. The van der Waals surface area contributed by atoms with Gasteiger partial charge in [0, 0.05) is 42.6 Å². The number of aromatic nitrogens is 2. The molecule has 4 aromatic rings. The van der Waals surface area contributed by atoms with Gasteiger partial charge in [0.05, 0.1) is 11.4 Å². The van der Waals surface area contributed by atoms with Crippen molar-refractivity contribution in [2.45, 2.75) is 58.1 Å². The maximum atomic E-state index is 14.9. The number of rotatable bonds is 6. The van der Waals surface area contributed by atoms with Gasteiger partial charge in [-0.15, -0.1) is 0 Å². The highest BCUT2D eigenvalue weighted by atomic mass is 19.1. The Kier molecular flexibility index (Phi) is 6.50. The van der Waals surface area contributed by atoms with Gasteiger partial charge in [-0.25, -0.2) is 20.9 Å². The molecule has 2 fully saturated rings. The molecular formula is C36H35FN4O. The van der Waals surface area contributed by atoms with Gasteiger partial charge < -0.3 is 14.5 Å². The Bertz CT molecular complexity index is 1680. The molecule has 0 radical (unpaired) electrons. The normalized spacial score (nSPS) is 21.8. The summed E-state index contributed by atoms with van der Waals surface area (Å²) in [6.07, 6.45) is 2.59. The van der Waals surface area contributed by atoms with Crippen LogP contribution in [-0.4, -0.2) is 23.1 Å². The molecule has 5 nitrogen and oxygen atoms in total. The van der Waals surface area contributed by atoms with Gasteiger partial charge >= 0.3 is 0 Å². The van der Waals surface area contributed by atoms with Crippen LogP contribution in [-0.2, 0) is 18.6 Å². The summed E-state index contributed by atoms with van der Waals surface area (Å²) in [5.41, 5.74) is 7.46. The van der Waals surface area contributed by atoms with Crippen LogP contribution in [0.15, 0.2) is 66.7 Å². The first-order valence-electron chi connectivity index (χ1n) is 15.0. The number of aryl methyl sites for hydroxylation is 2. The first-order chi connectivity index (χ1) is 20.4. The minimum Gasteiger partial charge on any atom is -0.489 e. The lowest BCUT2D eigenvalue weighted by Gasteiger charge is -2.34. The lowest BCUT2D eigenvalue weighted by Crippen LogP contribution is -2.41. The number of nitrogens with zero attached hydrogens (tertiary/aromatic N) is 4. The molecule has 3 aromatic carbocycles. The molecule has 0 amide bonds. The van der Waals surface area contributed by atoms with Crippen molar-refractivity contribution in [3.8, 4) is 16.9 Å². The number of anilines is 1. The van der Waals surface area contributed by atoms with Gasteiger partial charge in [-0.3, -0.25) is 0 Å². The summed E-state index contributed by atoms with van der Waals surface area (Å²) in [6.45, 7) is 15.8. The molecular weight excluding hydrogens is 523 g/mol. The Morgan fingerprint density at radius 2 is 1.74 bits per heavy atom. The van der Waals surface area contributed by atoms with E-state index in [-0.39, 0.29) is 12.4 Å². The third kappa shape index (κ3) is 4.52. The monoisotopic (exact) mass is 558 g/mol. The maximum absolute atomic E-state index is 14.9. The first kappa shape index (κ1) is 26.6. The fraction of sp³-hybridized carbons (Fsp3) is 0.361. The Balaban J connectivity index is 1.07. The van der Waals surface area contributed by atoms with Crippen molar-refractivity contribution in [3.05, 3.63) is 118 Å².